The van der Waals surface area contributed by atoms with Gasteiger partial charge in [-0.3, -0.25) is 4.98 Å². The Kier molecular flexibility index (Phi) is 4.29. The summed E-state index contributed by atoms with van der Waals surface area (Å²) in [5, 5.41) is 0. The fourth-order valence-corrected chi connectivity index (χ4v) is 5.22. The topological polar surface area (TPSA) is 12.9 Å². The van der Waals surface area contributed by atoms with Gasteiger partial charge in [-0.25, -0.2) is 0 Å². The van der Waals surface area contributed by atoms with E-state index < -0.39 is 5.41 Å². The summed E-state index contributed by atoms with van der Waals surface area (Å²) in [6.45, 7) is 2.13. The van der Waals surface area contributed by atoms with Crippen molar-refractivity contribution in [1.29, 1.82) is 0 Å². The number of nitrogens with zero attached hydrogens (tertiary/aromatic N) is 1. The zero-order valence-corrected chi connectivity index (χ0v) is 18.0. The molecule has 1 aromatic heterocycles. The van der Waals surface area contributed by atoms with Gasteiger partial charge >= 0.3 is 0 Å². The first-order valence-corrected chi connectivity index (χ1v) is 11.1. The number of hydrogen-bond donors (Lipinski definition) is 0. The second-order valence-electron chi connectivity index (χ2n) is 8.50. The highest BCUT2D eigenvalue weighted by molar-refractivity contribution is 5.88. The van der Waals surface area contributed by atoms with E-state index in [4.69, 9.17) is 4.98 Å². The molecule has 1 atom stereocenters. The van der Waals surface area contributed by atoms with Crippen LogP contribution in [0.1, 0.15) is 27.9 Å². The van der Waals surface area contributed by atoms with Gasteiger partial charge in [0.1, 0.15) is 0 Å². The van der Waals surface area contributed by atoms with Crippen molar-refractivity contribution in [3.63, 3.8) is 0 Å². The van der Waals surface area contributed by atoms with Gasteiger partial charge in [0, 0.05) is 6.20 Å². The Morgan fingerprint density at radius 2 is 1.25 bits per heavy atom. The highest BCUT2D eigenvalue weighted by atomic mass is 14.7. The predicted octanol–water partition coefficient (Wildman–Crippen LogP) is 7.42. The maximum atomic E-state index is 4.90. The molecule has 32 heavy (non-hydrogen) atoms. The minimum absolute atomic E-state index is 0.430. The predicted molar refractivity (Wildman–Crippen MR) is 132 cm³/mol. The molecule has 152 valence electrons. The van der Waals surface area contributed by atoms with Crippen LogP contribution in [0.15, 0.2) is 121 Å². The van der Waals surface area contributed by atoms with Gasteiger partial charge in [0.15, 0.2) is 0 Å². The van der Waals surface area contributed by atoms with Crippen LogP contribution < -0.4 is 0 Å². The van der Waals surface area contributed by atoms with Crippen LogP contribution in [0.3, 0.4) is 0 Å². The molecule has 1 heteroatoms. The molecule has 5 aromatic rings. The van der Waals surface area contributed by atoms with Crippen LogP contribution in [0.5, 0.6) is 0 Å². The molecule has 1 heterocycles. The van der Waals surface area contributed by atoms with Gasteiger partial charge < -0.3 is 0 Å². The average Bonchev–Trinajstić information content (AvgIpc) is 3.16. The van der Waals surface area contributed by atoms with Crippen LogP contribution in [0, 0.1) is 6.92 Å². The molecule has 1 unspecified atom stereocenters. The van der Waals surface area contributed by atoms with E-state index in [1.807, 2.05) is 12.3 Å². The smallest absolute Gasteiger partial charge is 0.0885 e. The Balaban J connectivity index is 1.69. The van der Waals surface area contributed by atoms with Crippen molar-refractivity contribution in [3.05, 3.63) is 149 Å². The first kappa shape index (κ1) is 18.8. The number of rotatable bonds is 3. The molecule has 0 saturated heterocycles. The highest BCUT2D eigenvalue weighted by Crippen LogP contribution is 2.56. The first-order chi connectivity index (χ1) is 15.8. The number of pyridine rings is 1. The average molecular weight is 410 g/mol. The van der Waals surface area contributed by atoms with Gasteiger partial charge in [0.25, 0.3) is 0 Å². The maximum absolute atomic E-state index is 4.90. The van der Waals surface area contributed by atoms with Gasteiger partial charge in [-0.15, -0.1) is 0 Å². The Morgan fingerprint density at radius 1 is 0.562 bits per heavy atom. The van der Waals surface area contributed by atoms with Crippen LogP contribution in [0.25, 0.3) is 22.3 Å². The summed E-state index contributed by atoms with van der Waals surface area (Å²) >= 11 is 0. The molecule has 0 spiro atoms. The maximum Gasteiger partial charge on any atom is 0.0885 e. The monoisotopic (exact) mass is 409 g/mol. The molecule has 1 nitrogen and oxygen atoms in total. The quantitative estimate of drug-likeness (QED) is 0.296. The molecule has 4 aromatic carbocycles. The molecule has 0 N–H and O–H groups in total. The third-order valence-electron chi connectivity index (χ3n) is 6.69. The van der Waals surface area contributed by atoms with Crippen LogP contribution in [0.4, 0.5) is 0 Å². The summed E-state index contributed by atoms with van der Waals surface area (Å²) in [5.74, 6) is 0. The zero-order valence-electron chi connectivity index (χ0n) is 18.0. The summed E-state index contributed by atoms with van der Waals surface area (Å²) < 4.78 is 0. The lowest BCUT2D eigenvalue weighted by Crippen LogP contribution is -2.29. The van der Waals surface area contributed by atoms with Gasteiger partial charge in [0.05, 0.1) is 11.1 Å². The van der Waals surface area contributed by atoms with E-state index in [1.165, 1.54) is 44.5 Å². The van der Waals surface area contributed by atoms with Gasteiger partial charge in [0.2, 0.25) is 0 Å². The molecular weight excluding hydrogens is 386 g/mol. The number of fused-ring (bicyclic) bond motifs is 3. The summed E-state index contributed by atoms with van der Waals surface area (Å²) in [7, 11) is 0. The molecule has 0 bridgehead atoms. The van der Waals surface area contributed by atoms with Gasteiger partial charge in [-0.1, -0.05) is 103 Å². The van der Waals surface area contributed by atoms with Crippen molar-refractivity contribution in [2.24, 2.45) is 0 Å². The molecule has 0 aliphatic heterocycles. The molecular formula is C31H23N. The zero-order chi connectivity index (χ0) is 21.5. The fraction of sp³-hybridized carbons (Fsp3) is 0.0645. The Hall–Kier alpha value is -3.97. The number of benzene rings is 4. The molecule has 1 aliphatic rings. The van der Waals surface area contributed by atoms with Crippen molar-refractivity contribution in [1.82, 2.24) is 4.98 Å². The van der Waals surface area contributed by atoms with E-state index in [0.717, 1.165) is 5.69 Å². The van der Waals surface area contributed by atoms with Gasteiger partial charge in [-0.2, -0.15) is 0 Å². The largest absolute Gasteiger partial charge is 0.260 e. The molecule has 0 amide bonds. The lowest BCUT2D eigenvalue weighted by Gasteiger charge is -2.32. The molecule has 1 aliphatic carbocycles. The van der Waals surface area contributed by atoms with Crippen molar-refractivity contribution in [2.45, 2.75) is 12.3 Å². The van der Waals surface area contributed by atoms with Crippen LogP contribution in [0.2, 0.25) is 0 Å². The molecule has 6 rings (SSSR count). The number of hydrogen-bond acceptors (Lipinski definition) is 1. The third-order valence-corrected chi connectivity index (χ3v) is 6.69. The standard InChI is InChI=1S/C31H23N/c1-22-14-16-23(17-15-22)24-18-19-29-27(21-24)26-11-5-6-12-28(26)31(29,25-9-3-2-4-10-25)30-13-7-8-20-32-30/h2-21H,1H3. The summed E-state index contributed by atoms with van der Waals surface area (Å²) in [6, 6.07) is 41.5. The second kappa shape index (κ2) is 7.32. The fourth-order valence-electron chi connectivity index (χ4n) is 5.22. The Bertz CT molecular complexity index is 1360. The normalized spacial score (nSPS) is 16.4. The van der Waals surface area contributed by atoms with Gasteiger partial charge in [-0.05, 0) is 64.1 Å². The van der Waals surface area contributed by atoms with E-state index in [2.05, 4.69) is 116 Å². The van der Waals surface area contributed by atoms with E-state index in [0.29, 0.717) is 0 Å². The minimum atomic E-state index is -0.430. The van der Waals surface area contributed by atoms with Crippen molar-refractivity contribution < 1.29 is 0 Å². The van der Waals surface area contributed by atoms with E-state index in [-0.39, 0.29) is 0 Å². The Morgan fingerprint density at radius 3 is 2.03 bits per heavy atom. The van der Waals surface area contributed by atoms with E-state index >= 15 is 0 Å². The molecule has 0 fully saturated rings. The molecule has 0 saturated carbocycles. The van der Waals surface area contributed by atoms with E-state index in [1.54, 1.807) is 0 Å². The van der Waals surface area contributed by atoms with Crippen LogP contribution in [-0.2, 0) is 5.41 Å². The third kappa shape index (κ3) is 2.68. The van der Waals surface area contributed by atoms with E-state index in [9.17, 15) is 0 Å². The van der Waals surface area contributed by atoms with Crippen molar-refractivity contribution in [2.75, 3.05) is 0 Å². The minimum Gasteiger partial charge on any atom is -0.260 e. The second-order valence-corrected chi connectivity index (χ2v) is 8.50. The SMILES string of the molecule is Cc1ccc(-c2ccc3c(c2)-c2ccccc2C3(c2ccccc2)c2ccccn2)cc1. The van der Waals surface area contributed by atoms with Crippen LogP contribution >= 0.6 is 0 Å². The Labute approximate surface area is 189 Å². The number of aromatic nitrogens is 1. The van der Waals surface area contributed by atoms with Crippen LogP contribution in [-0.4, -0.2) is 4.98 Å². The lowest BCUT2D eigenvalue weighted by molar-refractivity contribution is 0.735. The first-order valence-electron chi connectivity index (χ1n) is 11.1. The summed E-state index contributed by atoms with van der Waals surface area (Å²) in [4.78, 5) is 4.90. The summed E-state index contributed by atoms with van der Waals surface area (Å²) in [6.07, 6.45) is 1.90. The lowest BCUT2D eigenvalue weighted by atomic mass is 9.70. The van der Waals surface area contributed by atoms with Crippen molar-refractivity contribution >= 4 is 0 Å². The van der Waals surface area contributed by atoms with Crippen molar-refractivity contribution in [3.8, 4) is 22.3 Å². The number of aryl methyl sites for hydroxylation is 1. The highest BCUT2D eigenvalue weighted by Gasteiger charge is 2.46. The molecule has 0 radical (unpaired) electrons. The summed E-state index contributed by atoms with van der Waals surface area (Å²) in [5.41, 5.74) is 10.8.